The maximum Gasteiger partial charge on any atom is 0.226 e. The first-order valence-electron chi connectivity index (χ1n) is 9.24. The molecule has 3 heterocycles. The number of aryl methyl sites for hydroxylation is 1. The molecule has 0 bridgehead atoms. The first-order valence-corrected chi connectivity index (χ1v) is 10.2. The van der Waals surface area contributed by atoms with Gasteiger partial charge in [-0.25, -0.2) is 4.98 Å². The predicted octanol–water partition coefficient (Wildman–Crippen LogP) is 5.01. The van der Waals surface area contributed by atoms with Crippen LogP contribution in [-0.2, 0) is 12.3 Å². The number of oxazole rings is 1. The maximum atomic E-state index is 5.87. The molecule has 0 fully saturated rings. The Morgan fingerprint density at radius 3 is 2.54 bits per heavy atom. The van der Waals surface area contributed by atoms with E-state index in [1.165, 1.54) is 0 Å². The third-order valence-electron chi connectivity index (χ3n) is 4.35. The van der Waals surface area contributed by atoms with Crippen molar-refractivity contribution in [1.29, 1.82) is 0 Å². The van der Waals surface area contributed by atoms with Crippen molar-refractivity contribution in [3.63, 3.8) is 0 Å². The molecule has 4 rings (SSSR count). The fourth-order valence-electron chi connectivity index (χ4n) is 2.93. The van der Waals surface area contributed by atoms with Gasteiger partial charge < -0.3 is 8.98 Å². The van der Waals surface area contributed by atoms with Crippen molar-refractivity contribution in [3.05, 3.63) is 66.3 Å². The third-order valence-corrected chi connectivity index (χ3v) is 5.33. The molecule has 0 aliphatic rings. The van der Waals surface area contributed by atoms with E-state index in [9.17, 15) is 0 Å². The summed E-state index contributed by atoms with van der Waals surface area (Å²) < 4.78 is 8.03. The fourth-order valence-corrected chi connectivity index (χ4v) is 3.90. The van der Waals surface area contributed by atoms with Crippen LogP contribution in [0, 0.1) is 6.92 Å². The van der Waals surface area contributed by atoms with Gasteiger partial charge in [0, 0.05) is 35.8 Å². The Morgan fingerprint density at radius 1 is 1.00 bits per heavy atom. The Labute approximate surface area is 168 Å². The van der Waals surface area contributed by atoms with Gasteiger partial charge in [0.15, 0.2) is 11.0 Å². The second-order valence-corrected chi connectivity index (χ2v) is 7.31. The van der Waals surface area contributed by atoms with Crippen LogP contribution in [0.5, 0.6) is 0 Å². The van der Waals surface area contributed by atoms with Gasteiger partial charge in [0.1, 0.15) is 5.76 Å². The van der Waals surface area contributed by atoms with E-state index < -0.39 is 0 Å². The SMILES string of the molecule is CCCn1c(SCc2nc(-c3ccccc3)oc2C)nnc1-c1ccncc1. The molecule has 28 heavy (non-hydrogen) atoms. The van der Waals surface area contributed by atoms with E-state index in [0.29, 0.717) is 11.6 Å². The molecular formula is C21H21N5OS. The van der Waals surface area contributed by atoms with Gasteiger partial charge in [-0.15, -0.1) is 10.2 Å². The molecule has 6 nitrogen and oxygen atoms in total. The zero-order valence-corrected chi connectivity index (χ0v) is 16.7. The number of nitrogens with zero attached hydrogens (tertiary/aromatic N) is 5. The van der Waals surface area contributed by atoms with E-state index in [2.05, 4.69) is 31.7 Å². The van der Waals surface area contributed by atoms with Gasteiger partial charge in [-0.2, -0.15) is 0 Å². The largest absolute Gasteiger partial charge is 0.441 e. The van der Waals surface area contributed by atoms with Crippen LogP contribution in [0.4, 0.5) is 0 Å². The van der Waals surface area contributed by atoms with Gasteiger partial charge in [0.2, 0.25) is 5.89 Å². The molecule has 0 N–H and O–H groups in total. The highest BCUT2D eigenvalue weighted by atomic mass is 32.2. The summed E-state index contributed by atoms with van der Waals surface area (Å²) in [6.07, 6.45) is 4.55. The number of pyridine rings is 1. The minimum atomic E-state index is 0.654. The number of benzene rings is 1. The van der Waals surface area contributed by atoms with E-state index in [1.54, 1.807) is 24.2 Å². The maximum absolute atomic E-state index is 5.87. The van der Waals surface area contributed by atoms with Gasteiger partial charge >= 0.3 is 0 Å². The fraction of sp³-hybridized carbons (Fsp3) is 0.238. The molecule has 0 spiro atoms. The molecule has 0 aliphatic carbocycles. The summed E-state index contributed by atoms with van der Waals surface area (Å²) in [5.41, 5.74) is 2.93. The van der Waals surface area contributed by atoms with E-state index in [0.717, 1.165) is 46.5 Å². The van der Waals surface area contributed by atoms with Gasteiger partial charge in [0.25, 0.3) is 0 Å². The minimum Gasteiger partial charge on any atom is -0.441 e. The lowest BCUT2D eigenvalue weighted by Crippen LogP contribution is -2.02. The topological polar surface area (TPSA) is 69.6 Å². The van der Waals surface area contributed by atoms with Gasteiger partial charge in [-0.3, -0.25) is 4.98 Å². The molecule has 0 amide bonds. The minimum absolute atomic E-state index is 0.654. The van der Waals surface area contributed by atoms with Gasteiger partial charge in [0.05, 0.1) is 5.69 Å². The number of aromatic nitrogens is 5. The first-order chi connectivity index (χ1) is 13.8. The van der Waals surface area contributed by atoms with Crippen LogP contribution in [0.2, 0.25) is 0 Å². The third kappa shape index (κ3) is 3.84. The van der Waals surface area contributed by atoms with E-state index >= 15 is 0 Å². The summed E-state index contributed by atoms with van der Waals surface area (Å²) in [6.45, 7) is 4.97. The van der Waals surface area contributed by atoms with E-state index in [-0.39, 0.29) is 0 Å². The lowest BCUT2D eigenvalue weighted by atomic mass is 10.2. The molecule has 0 aliphatic heterocycles. The van der Waals surface area contributed by atoms with Crippen LogP contribution >= 0.6 is 11.8 Å². The molecule has 0 atom stereocenters. The standard InChI is InChI=1S/C21H21N5OS/c1-3-13-26-19(16-9-11-22-12-10-16)24-25-21(26)28-14-18-15(2)27-20(23-18)17-7-5-4-6-8-17/h4-12H,3,13-14H2,1-2H3. The van der Waals surface area contributed by atoms with Crippen molar-refractivity contribution in [2.75, 3.05) is 0 Å². The predicted molar refractivity (Wildman–Crippen MR) is 110 cm³/mol. The monoisotopic (exact) mass is 391 g/mol. The van der Waals surface area contributed by atoms with Crippen LogP contribution in [-0.4, -0.2) is 24.7 Å². The number of thioether (sulfide) groups is 1. The van der Waals surface area contributed by atoms with Crippen LogP contribution in [0.25, 0.3) is 22.8 Å². The second-order valence-electron chi connectivity index (χ2n) is 6.37. The lowest BCUT2D eigenvalue weighted by molar-refractivity contribution is 0.540. The van der Waals surface area contributed by atoms with Gasteiger partial charge in [-0.1, -0.05) is 36.9 Å². The molecule has 3 aromatic heterocycles. The Kier molecular flexibility index (Phi) is 5.53. The van der Waals surface area contributed by atoms with Crippen LogP contribution in [0.1, 0.15) is 24.8 Å². The van der Waals surface area contributed by atoms with Crippen molar-refractivity contribution in [1.82, 2.24) is 24.7 Å². The Hall–Kier alpha value is -2.93. The molecule has 1 aromatic carbocycles. The molecule has 142 valence electrons. The van der Waals surface area contributed by atoms with Crippen molar-refractivity contribution >= 4 is 11.8 Å². The first kappa shape index (κ1) is 18.4. The van der Waals surface area contributed by atoms with Crippen molar-refractivity contribution in [2.45, 2.75) is 37.7 Å². The quantitative estimate of drug-likeness (QED) is 0.413. The summed E-state index contributed by atoms with van der Waals surface area (Å²) in [7, 11) is 0. The summed E-state index contributed by atoms with van der Waals surface area (Å²) in [4.78, 5) is 8.77. The van der Waals surface area contributed by atoms with Crippen molar-refractivity contribution < 1.29 is 4.42 Å². The second kappa shape index (κ2) is 8.39. The number of hydrogen-bond donors (Lipinski definition) is 0. The zero-order valence-electron chi connectivity index (χ0n) is 15.9. The highest BCUT2D eigenvalue weighted by Gasteiger charge is 2.16. The highest BCUT2D eigenvalue weighted by Crippen LogP contribution is 2.29. The molecular weight excluding hydrogens is 370 g/mol. The van der Waals surface area contributed by atoms with Crippen LogP contribution in [0.15, 0.2) is 64.4 Å². The average Bonchev–Trinajstić information content (AvgIpc) is 3.31. The number of rotatable bonds is 7. The molecule has 0 saturated carbocycles. The summed E-state index contributed by atoms with van der Waals surface area (Å²) in [5, 5.41) is 9.72. The molecule has 0 unspecified atom stereocenters. The van der Waals surface area contributed by atoms with E-state index in [1.807, 2.05) is 49.4 Å². The van der Waals surface area contributed by atoms with Crippen LogP contribution < -0.4 is 0 Å². The summed E-state index contributed by atoms with van der Waals surface area (Å²) in [6, 6.07) is 13.9. The van der Waals surface area contributed by atoms with Crippen molar-refractivity contribution in [3.8, 4) is 22.8 Å². The smallest absolute Gasteiger partial charge is 0.226 e. The van der Waals surface area contributed by atoms with Gasteiger partial charge in [-0.05, 0) is 37.6 Å². The highest BCUT2D eigenvalue weighted by molar-refractivity contribution is 7.98. The normalized spacial score (nSPS) is 11.1. The molecule has 0 saturated heterocycles. The molecule has 7 heteroatoms. The summed E-state index contributed by atoms with van der Waals surface area (Å²) >= 11 is 1.63. The number of hydrogen-bond acceptors (Lipinski definition) is 6. The lowest BCUT2D eigenvalue weighted by Gasteiger charge is -2.08. The van der Waals surface area contributed by atoms with Crippen LogP contribution in [0.3, 0.4) is 0 Å². The zero-order chi connectivity index (χ0) is 19.3. The average molecular weight is 392 g/mol. The Bertz CT molecular complexity index is 1040. The van der Waals surface area contributed by atoms with E-state index in [4.69, 9.17) is 4.42 Å². The van der Waals surface area contributed by atoms with Crippen molar-refractivity contribution in [2.24, 2.45) is 0 Å². The molecule has 4 aromatic rings. The molecule has 0 radical (unpaired) electrons. The Morgan fingerprint density at radius 2 is 1.79 bits per heavy atom. The Balaban J connectivity index is 1.56. The summed E-state index contributed by atoms with van der Waals surface area (Å²) in [5.74, 6) is 3.04.